The van der Waals surface area contributed by atoms with Crippen LogP contribution in [0.3, 0.4) is 0 Å². The van der Waals surface area contributed by atoms with E-state index in [1.807, 2.05) is 26.0 Å². The Labute approximate surface area is 62.4 Å². The molecular weight excluding hydrogens is 127 g/mol. The predicted molar refractivity (Wildman–Crippen MR) is 43.8 cm³/mol. The molecule has 1 unspecified atom stereocenters. The fourth-order valence-electron chi connectivity index (χ4n) is 0.431. The van der Waals surface area contributed by atoms with Gasteiger partial charge in [-0.15, -0.1) is 0 Å². The molecule has 58 valence electrons. The van der Waals surface area contributed by atoms with Crippen molar-refractivity contribution in [3.8, 4) is 0 Å². The van der Waals surface area contributed by atoms with Crippen LogP contribution in [0, 0.1) is 0 Å². The molecule has 0 aliphatic heterocycles. The SMILES string of the molecule is CC(C)=C/C=C(/C)C(C)F. The van der Waals surface area contributed by atoms with Crippen LogP contribution >= 0.6 is 0 Å². The molecule has 1 heteroatoms. The molecule has 1 atom stereocenters. The summed E-state index contributed by atoms with van der Waals surface area (Å²) in [6.07, 6.45) is 2.92. The first kappa shape index (κ1) is 9.41. The highest BCUT2D eigenvalue weighted by atomic mass is 19.1. The van der Waals surface area contributed by atoms with Crippen LogP contribution in [0.5, 0.6) is 0 Å². The number of halogens is 1. The lowest BCUT2D eigenvalue weighted by Crippen LogP contribution is -1.92. The first-order valence-electron chi connectivity index (χ1n) is 3.49. The Hall–Kier alpha value is -0.590. The minimum Gasteiger partial charge on any atom is -0.243 e. The summed E-state index contributed by atoms with van der Waals surface area (Å²) in [7, 11) is 0. The number of alkyl halides is 1. The van der Waals surface area contributed by atoms with Crippen molar-refractivity contribution < 1.29 is 4.39 Å². The number of hydrogen-bond acceptors (Lipinski definition) is 0. The van der Waals surface area contributed by atoms with Crippen molar-refractivity contribution in [1.82, 2.24) is 0 Å². The topological polar surface area (TPSA) is 0 Å². The van der Waals surface area contributed by atoms with Crippen LogP contribution in [0.1, 0.15) is 27.7 Å². The maximum Gasteiger partial charge on any atom is 0.118 e. The molecule has 10 heavy (non-hydrogen) atoms. The summed E-state index contributed by atoms with van der Waals surface area (Å²) in [4.78, 5) is 0. The molecule has 0 aromatic rings. The lowest BCUT2D eigenvalue weighted by molar-refractivity contribution is 0.411. The van der Waals surface area contributed by atoms with Gasteiger partial charge in [-0.3, -0.25) is 0 Å². The van der Waals surface area contributed by atoms with E-state index < -0.39 is 6.17 Å². The average molecular weight is 142 g/mol. The van der Waals surface area contributed by atoms with Crippen LogP contribution in [0.2, 0.25) is 0 Å². The lowest BCUT2D eigenvalue weighted by Gasteiger charge is -1.98. The van der Waals surface area contributed by atoms with Crippen molar-refractivity contribution in [2.24, 2.45) is 0 Å². The van der Waals surface area contributed by atoms with E-state index in [4.69, 9.17) is 0 Å². The molecule has 0 heterocycles. The van der Waals surface area contributed by atoms with E-state index in [1.165, 1.54) is 5.57 Å². The molecule has 0 N–H and O–H groups in total. The lowest BCUT2D eigenvalue weighted by atomic mass is 10.2. The zero-order valence-electron chi connectivity index (χ0n) is 7.11. The van der Waals surface area contributed by atoms with Gasteiger partial charge in [0.15, 0.2) is 0 Å². The Kier molecular flexibility index (Phi) is 4.01. The molecule has 0 nitrogen and oxygen atoms in total. The fourth-order valence-corrected chi connectivity index (χ4v) is 0.431. The van der Waals surface area contributed by atoms with Crippen molar-refractivity contribution in [3.63, 3.8) is 0 Å². The second-order valence-electron chi connectivity index (χ2n) is 2.77. The minimum absolute atomic E-state index is 0.779. The molecule has 0 fully saturated rings. The summed E-state index contributed by atoms with van der Waals surface area (Å²) in [5, 5.41) is 0. The molecule has 0 rings (SSSR count). The summed E-state index contributed by atoms with van der Waals surface area (Å²) in [5.41, 5.74) is 1.97. The maximum absolute atomic E-state index is 12.4. The van der Waals surface area contributed by atoms with E-state index in [-0.39, 0.29) is 0 Å². The first-order chi connectivity index (χ1) is 4.54. The third-order valence-corrected chi connectivity index (χ3v) is 1.31. The third kappa shape index (κ3) is 4.30. The number of rotatable bonds is 2. The highest BCUT2D eigenvalue weighted by Crippen LogP contribution is 2.05. The summed E-state index contributed by atoms with van der Waals surface area (Å²) >= 11 is 0. The standard InChI is InChI=1S/C9H15F/c1-7(2)5-6-8(3)9(4)10/h5-6,9H,1-4H3/b8-6-. The molecule has 0 saturated heterocycles. The van der Waals surface area contributed by atoms with Crippen molar-refractivity contribution in [2.75, 3.05) is 0 Å². The van der Waals surface area contributed by atoms with Gasteiger partial charge in [-0.05, 0) is 33.3 Å². The molecule has 0 aliphatic rings. The van der Waals surface area contributed by atoms with Crippen molar-refractivity contribution in [3.05, 3.63) is 23.3 Å². The highest BCUT2D eigenvalue weighted by molar-refractivity contribution is 5.16. The van der Waals surface area contributed by atoms with Gasteiger partial charge in [0.25, 0.3) is 0 Å². The van der Waals surface area contributed by atoms with E-state index in [2.05, 4.69) is 0 Å². The van der Waals surface area contributed by atoms with E-state index >= 15 is 0 Å². The smallest absolute Gasteiger partial charge is 0.118 e. The number of allylic oxidation sites excluding steroid dienone is 4. The second kappa shape index (κ2) is 4.26. The molecule has 0 aliphatic carbocycles. The largest absolute Gasteiger partial charge is 0.243 e. The predicted octanol–water partition coefficient (Wildman–Crippen LogP) is 3.26. The molecule has 0 saturated carbocycles. The molecule has 0 radical (unpaired) electrons. The van der Waals surface area contributed by atoms with Gasteiger partial charge in [-0.1, -0.05) is 17.7 Å². The van der Waals surface area contributed by atoms with Crippen LogP contribution in [-0.2, 0) is 0 Å². The second-order valence-corrected chi connectivity index (χ2v) is 2.77. The van der Waals surface area contributed by atoms with Gasteiger partial charge in [-0.25, -0.2) is 4.39 Å². The van der Waals surface area contributed by atoms with Crippen LogP contribution in [-0.4, -0.2) is 6.17 Å². The van der Waals surface area contributed by atoms with E-state index in [9.17, 15) is 4.39 Å². The van der Waals surface area contributed by atoms with Crippen molar-refractivity contribution in [1.29, 1.82) is 0 Å². The third-order valence-electron chi connectivity index (χ3n) is 1.31. The maximum atomic E-state index is 12.4. The molecule has 0 amide bonds. The normalized spacial score (nSPS) is 14.7. The highest BCUT2D eigenvalue weighted by Gasteiger charge is 1.96. The Morgan fingerprint density at radius 3 is 2.00 bits per heavy atom. The van der Waals surface area contributed by atoms with Crippen LogP contribution < -0.4 is 0 Å². The zero-order valence-corrected chi connectivity index (χ0v) is 7.11. The van der Waals surface area contributed by atoms with Gasteiger partial charge in [0.2, 0.25) is 0 Å². The van der Waals surface area contributed by atoms with Crippen molar-refractivity contribution >= 4 is 0 Å². The Morgan fingerprint density at radius 2 is 1.70 bits per heavy atom. The fraction of sp³-hybridized carbons (Fsp3) is 0.556. The van der Waals surface area contributed by atoms with Gasteiger partial charge in [0.05, 0.1) is 0 Å². The minimum atomic E-state index is -0.824. The van der Waals surface area contributed by atoms with Gasteiger partial charge in [-0.2, -0.15) is 0 Å². The molecule has 0 aromatic carbocycles. The van der Waals surface area contributed by atoms with E-state index in [0.717, 1.165) is 5.57 Å². The van der Waals surface area contributed by atoms with Crippen LogP contribution in [0.4, 0.5) is 4.39 Å². The molecule has 0 bridgehead atoms. The Bertz CT molecular complexity index is 148. The zero-order chi connectivity index (χ0) is 8.15. The Balaban J connectivity index is 4.05. The van der Waals surface area contributed by atoms with Gasteiger partial charge in [0, 0.05) is 0 Å². The van der Waals surface area contributed by atoms with Crippen LogP contribution in [0.25, 0.3) is 0 Å². The Morgan fingerprint density at radius 1 is 1.20 bits per heavy atom. The van der Waals surface area contributed by atoms with E-state index in [1.54, 1.807) is 13.8 Å². The summed E-state index contributed by atoms with van der Waals surface area (Å²) < 4.78 is 12.4. The summed E-state index contributed by atoms with van der Waals surface area (Å²) in [5.74, 6) is 0. The monoisotopic (exact) mass is 142 g/mol. The molecular formula is C9H15F. The average Bonchev–Trinajstić information content (AvgIpc) is 1.82. The van der Waals surface area contributed by atoms with Gasteiger partial charge < -0.3 is 0 Å². The molecule has 0 spiro atoms. The van der Waals surface area contributed by atoms with E-state index in [0.29, 0.717) is 0 Å². The first-order valence-corrected chi connectivity index (χ1v) is 3.49. The summed E-state index contributed by atoms with van der Waals surface area (Å²) in [6.45, 7) is 7.33. The summed E-state index contributed by atoms with van der Waals surface area (Å²) in [6, 6.07) is 0. The van der Waals surface area contributed by atoms with Crippen molar-refractivity contribution in [2.45, 2.75) is 33.9 Å². The van der Waals surface area contributed by atoms with Crippen LogP contribution in [0.15, 0.2) is 23.3 Å². The molecule has 0 aromatic heterocycles. The van der Waals surface area contributed by atoms with Gasteiger partial charge >= 0.3 is 0 Å². The number of hydrogen-bond donors (Lipinski definition) is 0. The van der Waals surface area contributed by atoms with Gasteiger partial charge in [0.1, 0.15) is 6.17 Å². The quantitative estimate of drug-likeness (QED) is 0.519.